The van der Waals surface area contributed by atoms with Crippen molar-refractivity contribution in [1.29, 1.82) is 0 Å². The number of nitrogens with two attached hydrogens (primary N) is 1. The van der Waals surface area contributed by atoms with Crippen LogP contribution in [0.15, 0.2) is 48.9 Å². The predicted octanol–water partition coefficient (Wildman–Crippen LogP) is 3.52. The Morgan fingerprint density at radius 1 is 1.24 bits per heavy atom. The second kappa shape index (κ2) is 9.57. The Kier molecular flexibility index (Phi) is 6.28. The lowest BCUT2D eigenvalue weighted by atomic mass is 10.1. The van der Waals surface area contributed by atoms with Crippen molar-refractivity contribution >= 4 is 23.5 Å². The monoisotopic (exact) mass is 504 g/mol. The maximum absolute atomic E-state index is 13.1. The molecule has 3 aromatic rings. The number of ether oxygens (including phenoxy) is 3. The Morgan fingerprint density at radius 2 is 2.08 bits per heavy atom. The zero-order valence-corrected chi connectivity index (χ0v) is 20.8. The minimum Gasteiger partial charge on any atom is -0.491 e. The van der Waals surface area contributed by atoms with Crippen LogP contribution >= 0.6 is 0 Å². The fourth-order valence-corrected chi connectivity index (χ4v) is 4.24. The SMILES string of the molecule is CC(C)(C)OC(=O)N1CC2C[C@@H]1COc1cccc(c1)-c1cnc(N)c(n1)C(=O)Nc1cnccc1O2. The summed E-state index contributed by atoms with van der Waals surface area (Å²) in [6.07, 6.45) is 4.24. The summed E-state index contributed by atoms with van der Waals surface area (Å²) >= 11 is 0. The molecule has 3 N–H and O–H groups in total. The van der Waals surface area contributed by atoms with Crippen molar-refractivity contribution in [2.75, 3.05) is 24.2 Å². The van der Waals surface area contributed by atoms with Gasteiger partial charge in [-0.1, -0.05) is 12.1 Å². The van der Waals surface area contributed by atoms with E-state index < -0.39 is 17.6 Å². The lowest BCUT2D eigenvalue weighted by Gasteiger charge is -2.28. The number of hydrogen-bond acceptors (Lipinski definition) is 9. The first kappa shape index (κ1) is 24.3. The summed E-state index contributed by atoms with van der Waals surface area (Å²) in [5, 5.41) is 2.78. The number of nitrogens with zero attached hydrogens (tertiary/aromatic N) is 4. The van der Waals surface area contributed by atoms with Gasteiger partial charge in [-0.05, 0) is 32.9 Å². The van der Waals surface area contributed by atoms with Gasteiger partial charge in [0.1, 0.15) is 35.5 Å². The van der Waals surface area contributed by atoms with Crippen molar-refractivity contribution < 1.29 is 23.8 Å². The van der Waals surface area contributed by atoms with Crippen LogP contribution in [0.5, 0.6) is 11.5 Å². The predicted molar refractivity (Wildman–Crippen MR) is 135 cm³/mol. The van der Waals surface area contributed by atoms with E-state index in [1.165, 1.54) is 12.4 Å². The van der Waals surface area contributed by atoms with Crippen molar-refractivity contribution in [2.45, 2.75) is 44.9 Å². The number of benzene rings is 1. The van der Waals surface area contributed by atoms with Gasteiger partial charge in [-0.3, -0.25) is 14.7 Å². The van der Waals surface area contributed by atoms with Crippen LogP contribution in [0.2, 0.25) is 0 Å². The van der Waals surface area contributed by atoms with Crippen LogP contribution in [0, 0.1) is 0 Å². The van der Waals surface area contributed by atoms with Gasteiger partial charge in [-0.25, -0.2) is 14.8 Å². The molecule has 192 valence electrons. The third-order valence-electron chi connectivity index (χ3n) is 5.92. The number of carbonyl (C=O) groups excluding carboxylic acids is 2. The average molecular weight is 505 g/mol. The van der Waals surface area contributed by atoms with E-state index in [1.54, 1.807) is 23.2 Å². The summed E-state index contributed by atoms with van der Waals surface area (Å²) in [5.41, 5.74) is 6.81. The third-order valence-corrected chi connectivity index (χ3v) is 5.92. The van der Waals surface area contributed by atoms with Crippen molar-refractivity contribution in [1.82, 2.24) is 19.9 Å². The molecule has 1 fully saturated rings. The van der Waals surface area contributed by atoms with Crippen molar-refractivity contribution in [3.8, 4) is 22.8 Å². The zero-order valence-electron chi connectivity index (χ0n) is 20.8. The number of pyridine rings is 1. The molecule has 1 unspecified atom stereocenters. The van der Waals surface area contributed by atoms with Gasteiger partial charge < -0.3 is 25.3 Å². The zero-order chi connectivity index (χ0) is 26.2. The molecule has 2 aliphatic rings. The normalized spacial score (nSPS) is 19.2. The van der Waals surface area contributed by atoms with Crippen molar-refractivity contribution in [3.05, 3.63) is 54.6 Å². The molecular weight excluding hydrogens is 476 g/mol. The number of anilines is 2. The highest BCUT2D eigenvalue weighted by atomic mass is 16.6. The lowest BCUT2D eigenvalue weighted by molar-refractivity contribution is 0.0176. The maximum atomic E-state index is 13.1. The molecule has 11 heteroatoms. The smallest absolute Gasteiger partial charge is 0.410 e. The summed E-state index contributed by atoms with van der Waals surface area (Å²) in [6, 6.07) is 8.63. The second-order valence-electron chi connectivity index (χ2n) is 9.92. The Morgan fingerprint density at radius 3 is 2.89 bits per heavy atom. The van der Waals surface area contributed by atoms with Crippen LogP contribution in [0.25, 0.3) is 11.3 Å². The van der Waals surface area contributed by atoms with Crippen LogP contribution in [-0.2, 0) is 4.74 Å². The minimum atomic E-state index is -0.649. The van der Waals surface area contributed by atoms with Gasteiger partial charge in [0.15, 0.2) is 11.5 Å². The number of hydrogen-bond donors (Lipinski definition) is 2. The fraction of sp³-hybridized carbons (Fsp3) is 0.346. The summed E-state index contributed by atoms with van der Waals surface area (Å²) < 4.78 is 18.0. The third kappa shape index (κ3) is 5.40. The van der Waals surface area contributed by atoms with Gasteiger partial charge in [0, 0.05) is 24.2 Å². The van der Waals surface area contributed by atoms with E-state index in [2.05, 4.69) is 20.3 Å². The molecule has 5 rings (SSSR count). The van der Waals surface area contributed by atoms with Gasteiger partial charge in [-0.15, -0.1) is 0 Å². The highest BCUT2D eigenvalue weighted by Crippen LogP contribution is 2.31. The summed E-state index contributed by atoms with van der Waals surface area (Å²) in [7, 11) is 0. The summed E-state index contributed by atoms with van der Waals surface area (Å²) in [5.74, 6) is 0.426. The van der Waals surface area contributed by atoms with Crippen LogP contribution in [0.4, 0.5) is 16.3 Å². The minimum absolute atomic E-state index is 0.00670. The number of likely N-dealkylation sites (tertiary alicyclic amines) is 1. The largest absolute Gasteiger partial charge is 0.491 e. The summed E-state index contributed by atoms with van der Waals surface area (Å²) in [4.78, 5) is 40.5. The molecule has 4 heterocycles. The van der Waals surface area contributed by atoms with E-state index in [9.17, 15) is 9.59 Å². The molecule has 0 saturated carbocycles. The summed E-state index contributed by atoms with van der Waals surface area (Å²) in [6.45, 7) is 6.00. The number of rotatable bonds is 0. The first-order valence-corrected chi connectivity index (χ1v) is 11.9. The van der Waals surface area contributed by atoms with Crippen LogP contribution in [-0.4, -0.2) is 62.8 Å². The number of nitrogen functional groups attached to an aromatic ring is 1. The van der Waals surface area contributed by atoms with Gasteiger partial charge >= 0.3 is 6.09 Å². The quantitative estimate of drug-likeness (QED) is 0.470. The van der Waals surface area contributed by atoms with E-state index in [4.69, 9.17) is 19.9 Å². The number of aromatic nitrogens is 3. The molecule has 0 radical (unpaired) electrons. The first-order chi connectivity index (χ1) is 17.7. The molecule has 6 bridgehead atoms. The van der Waals surface area contributed by atoms with E-state index in [1.807, 2.05) is 39.0 Å². The fourth-order valence-electron chi connectivity index (χ4n) is 4.24. The van der Waals surface area contributed by atoms with Gasteiger partial charge in [0.2, 0.25) is 0 Å². The van der Waals surface area contributed by atoms with Crippen LogP contribution in [0.3, 0.4) is 0 Å². The van der Waals surface area contributed by atoms with E-state index in [-0.39, 0.29) is 36.8 Å². The molecule has 0 spiro atoms. The Balaban J connectivity index is 1.54. The molecule has 1 saturated heterocycles. The molecule has 2 aliphatic heterocycles. The van der Waals surface area contributed by atoms with Crippen LogP contribution < -0.4 is 20.5 Å². The Labute approximate surface area is 214 Å². The topological polar surface area (TPSA) is 142 Å². The van der Waals surface area contributed by atoms with Crippen molar-refractivity contribution in [3.63, 3.8) is 0 Å². The highest BCUT2D eigenvalue weighted by molar-refractivity contribution is 6.06. The number of carbonyl (C=O) groups is 2. The van der Waals surface area contributed by atoms with E-state index in [0.29, 0.717) is 34.9 Å². The molecule has 37 heavy (non-hydrogen) atoms. The van der Waals surface area contributed by atoms with Gasteiger partial charge in [0.05, 0.1) is 30.7 Å². The molecule has 2 amide bonds. The molecule has 1 aromatic carbocycles. The number of fused-ring (bicyclic) bond motifs is 8. The standard InChI is InChI=1S/C26H28N6O5/c1-26(2,3)37-25(34)32-13-18-10-16(32)14-35-17-6-4-5-15(9-17)19-12-29-23(27)22(30-19)24(33)31-20-11-28-8-7-21(20)36-18/h4-9,11-12,16,18H,10,13-14H2,1-3H3,(H2,27,29)(H,31,33)/t16-,18?/m1/s1. The average Bonchev–Trinajstić information content (AvgIpc) is 3.26. The lowest BCUT2D eigenvalue weighted by Crippen LogP contribution is -2.42. The molecule has 11 nitrogen and oxygen atoms in total. The van der Waals surface area contributed by atoms with Gasteiger partial charge in [0.25, 0.3) is 5.91 Å². The van der Waals surface area contributed by atoms with Crippen molar-refractivity contribution in [2.24, 2.45) is 0 Å². The van der Waals surface area contributed by atoms with Gasteiger partial charge in [-0.2, -0.15) is 0 Å². The maximum Gasteiger partial charge on any atom is 0.410 e. The molecule has 2 aromatic heterocycles. The second-order valence-corrected chi connectivity index (χ2v) is 9.92. The van der Waals surface area contributed by atoms with Crippen LogP contribution in [0.1, 0.15) is 37.7 Å². The molecular formula is C26H28N6O5. The Hall–Kier alpha value is -4.41. The highest BCUT2D eigenvalue weighted by Gasteiger charge is 2.39. The molecule has 0 aliphatic carbocycles. The number of nitrogens with one attached hydrogen (secondary N) is 1. The van der Waals surface area contributed by atoms with E-state index in [0.717, 1.165) is 0 Å². The van der Waals surface area contributed by atoms with E-state index >= 15 is 0 Å². The molecule has 2 atom stereocenters. The first-order valence-electron chi connectivity index (χ1n) is 11.9. The Bertz CT molecular complexity index is 1340. The number of amides is 2.